The highest BCUT2D eigenvalue weighted by Crippen LogP contribution is 2.42. The number of rotatable bonds is 5. The van der Waals surface area contributed by atoms with E-state index in [-0.39, 0.29) is 0 Å². The van der Waals surface area contributed by atoms with Gasteiger partial charge in [0.05, 0.1) is 16.7 Å². The van der Waals surface area contributed by atoms with Crippen molar-refractivity contribution in [2.24, 2.45) is 0 Å². The third kappa shape index (κ3) is 5.45. The zero-order valence-electron chi connectivity index (χ0n) is 33.3. The Kier molecular flexibility index (Phi) is 7.54. The molecular weight excluding hydrogens is 757 g/mol. The van der Waals surface area contributed by atoms with E-state index in [1.54, 1.807) is 0 Å². The molecule has 10 aromatic carbocycles. The molecule has 0 N–H and O–H groups in total. The van der Waals surface area contributed by atoms with E-state index in [0.29, 0.717) is 17.5 Å². The van der Waals surface area contributed by atoms with Crippen LogP contribution < -0.4 is 0 Å². The number of para-hydroxylation sites is 2. The van der Waals surface area contributed by atoms with Crippen molar-refractivity contribution < 1.29 is 4.42 Å². The van der Waals surface area contributed by atoms with Gasteiger partial charge >= 0.3 is 0 Å². The van der Waals surface area contributed by atoms with Crippen LogP contribution in [-0.2, 0) is 0 Å². The Morgan fingerprint density at radius 1 is 0.306 bits per heavy atom. The first-order valence-electron chi connectivity index (χ1n) is 20.9. The second-order valence-corrected chi connectivity index (χ2v) is 16.0. The van der Waals surface area contributed by atoms with Gasteiger partial charge < -0.3 is 8.98 Å². The maximum absolute atomic E-state index is 6.82. The first kappa shape index (κ1) is 34.5. The summed E-state index contributed by atoms with van der Waals surface area (Å²) < 4.78 is 9.17. The van der Waals surface area contributed by atoms with Crippen molar-refractivity contribution in [3.05, 3.63) is 206 Å². The second-order valence-electron chi connectivity index (χ2n) is 16.0. The van der Waals surface area contributed by atoms with Crippen molar-refractivity contribution in [1.82, 2.24) is 19.5 Å². The average Bonchev–Trinajstić information content (AvgIpc) is 3.88. The van der Waals surface area contributed by atoms with Crippen LogP contribution >= 0.6 is 0 Å². The third-order valence-electron chi connectivity index (χ3n) is 12.4. The summed E-state index contributed by atoms with van der Waals surface area (Å²) in [5, 5.41) is 11.5. The maximum atomic E-state index is 6.82. The van der Waals surface area contributed by atoms with E-state index < -0.39 is 0 Å². The number of furan rings is 1. The van der Waals surface area contributed by atoms with E-state index >= 15 is 0 Å². The molecule has 62 heavy (non-hydrogen) atoms. The van der Waals surface area contributed by atoms with Crippen LogP contribution in [0.3, 0.4) is 0 Å². The van der Waals surface area contributed by atoms with Crippen LogP contribution in [0.15, 0.2) is 211 Å². The summed E-state index contributed by atoms with van der Waals surface area (Å²) in [6.45, 7) is 0. The largest absolute Gasteiger partial charge is 0.454 e. The molecular formula is C57H34N4O. The summed E-state index contributed by atoms with van der Waals surface area (Å²) in [4.78, 5) is 15.9. The molecule has 0 aliphatic heterocycles. The number of hydrogen-bond acceptors (Lipinski definition) is 4. The Morgan fingerprint density at radius 2 is 0.919 bits per heavy atom. The predicted octanol–water partition coefficient (Wildman–Crippen LogP) is 15.0. The lowest BCUT2D eigenvalue weighted by molar-refractivity contribution is 0.666. The zero-order chi connectivity index (χ0) is 40.7. The molecule has 0 atom stereocenters. The van der Waals surface area contributed by atoms with Crippen molar-refractivity contribution in [3.8, 4) is 51.0 Å². The minimum Gasteiger partial charge on any atom is -0.454 e. The van der Waals surface area contributed by atoms with Gasteiger partial charge in [-0.15, -0.1) is 0 Å². The molecule has 13 aromatic rings. The Morgan fingerprint density at radius 3 is 1.76 bits per heavy atom. The lowest BCUT2D eigenvalue weighted by Gasteiger charge is -2.13. The fraction of sp³-hybridized carbons (Fsp3) is 0. The first-order chi connectivity index (χ1) is 30.7. The van der Waals surface area contributed by atoms with E-state index in [1.807, 2.05) is 18.2 Å². The normalized spacial score (nSPS) is 11.9. The van der Waals surface area contributed by atoms with E-state index in [4.69, 9.17) is 19.4 Å². The van der Waals surface area contributed by atoms with Gasteiger partial charge in [-0.1, -0.05) is 158 Å². The second kappa shape index (κ2) is 13.6. The first-order valence-corrected chi connectivity index (χ1v) is 20.9. The molecule has 3 aromatic heterocycles. The summed E-state index contributed by atoms with van der Waals surface area (Å²) in [7, 11) is 0. The molecule has 5 heteroatoms. The number of fused-ring (bicyclic) bond motifs is 10. The number of benzene rings is 10. The van der Waals surface area contributed by atoms with Gasteiger partial charge in [-0.05, 0) is 92.0 Å². The molecule has 0 bridgehead atoms. The summed E-state index contributed by atoms with van der Waals surface area (Å²) in [6.07, 6.45) is 0. The van der Waals surface area contributed by atoms with Gasteiger partial charge in [-0.3, -0.25) is 0 Å². The highest BCUT2D eigenvalue weighted by Gasteiger charge is 2.22. The van der Waals surface area contributed by atoms with Crippen LogP contribution in [0, 0.1) is 0 Å². The standard InChI is InChI=1S/C57H34N4O/c1-2-13-35(14-3-1)37-18-12-19-41(29-37)55-58-56(42-27-28-45-40(30-42)26-25-36-15-6-7-20-44(36)45)60-57(59-55)43-32-49-47-22-9-11-24-53(47)62-54(49)52(34-43)61-50-23-10-8-21-46(50)48-31-38-16-4-5-17-39(38)33-51(48)61/h1-34H. The summed E-state index contributed by atoms with van der Waals surface area (Å²) in [6, 6.07) is 72.8. The molecule has 0 radical (unpaired) electrons. The number of nitrogens with zero attached hydrogens (tertiary/aromatic N) is 4. The SMILES string of the molecule is c1ccc(-c2cccc(-c3nc(-c4ccc5c(ccc6ccccc65)c4)nc(-c4cc(-n5c6ccccc6c6cc7ccccc7cc65)c5oc6ccccc6c5c4)n3)c2)cc1. The van der Waals surface area contributed by atoms with Crippen LogP contribution in [0.1, 0.15) is 0 Å². The number of aromatic nitrogens is 4. The van der Waals surface area contributed by atoms with Crippen molar-refractivity contribution in [3.63, 3.8) is 0 Å². The van der Waals surface area contributed by atoms with Crippen molar-refractivity contribution in [1.29, 1.82) is 0 Å². The van der Waals surface area contributed by atoms with Gasteiger partial charge in [0, 0.05) is 38.2 Å². The fourth-order valence-electron chi connectivity index (χ4n) is 9.40. The highest BCUT2D eigenvalue weighted by atomic mass is 16.3. The molecule has 0 saturated heterocycles. The molecule has 0 amide bonds. The summed E-state index contributed by atoms with van der Waals surface area (Å²) in [5.41, 5.74) is 9.65. The van der Waals surface area contributed by atoms with Gasteiger partial charge in [0.25, 0.3) is 0 Å². The molecule has 13 rings (SSSR count). The molecule has 0 unspecified atom stereocenters. The van der Waals surface area contributed by atoms with Gasteiger partial charge in [-0.2, -0.15) is 0 Å². The van der Waals surface area contributed by atoms with Crippen LogP contribution in [0.4, 0.5) is 0 Å². The van der Waals surface area contributed by atoms with Crippen molar-refractivity contribution in [2.45, 2.75) is 0 Å². The molecule has 0 saturated carbocycles. The highest BCUT2D eigenvalue weighted by molar-refractivity contribution is 6.16. The summed E-state index contributed by atoms with van der Waals surface area (Å²) in [5.74, 6) is 1.78. The third-order valence-corrected chi connectivity index (χ3v) is 12.4. The van der Waals surface area contributed by atoms with E-state index in [2.05, 4.69) is 193 Å². The monoisotopic (exact) mass is 790 g/mol. The fourth-order valence-corrected chi connectivity index (χ4v) is 9.40. The minimum atomic E-state index is 0.577. The smallest absolute Gasteiger partial charge is 0.164 e. The Bertz CT molecular complexity index is 3940. The number of hydrogen-bond donors (Lipinski definition) is 0. The maximum Gasteiger partial charge on any atom is 0.164 e. The van der Waals surface area contributed by atoms with Crippen LogP contribution in [-0.4, -0.2) is 19.5 Å². The Labute approximate surface area is 355 Å². The Hall–Kier alpha value is -8.41. The van der Waals surface area contributed by atoms with E-state index in [9.17, 15) is 0 Å². The van der Waals surface area contributed by atoms with Gasteiger partial charge in [0.15, 0.2) is 23.1 Å². The molecule has 0 fully saturated rings. The topological polar surface area (TPSA) is 56.7 Å². The van der Waals surface area contributed by atoms with E-state index in [0.717, 1.165) is 71.9 Å². The Balaban J connectivity index is 1.09. The van der Waals surface area contributed by atoms with Gasteiger partial charge in [0.1, 0.15) is 5.58 Å². The van der Waals surface area contributed by atoms with Gasteiger partial charge in [-0.25, -0.2) is 15.0 Å². The molecule has 288 valence electrons. The van der Waals surface area contributed by atoms with Gasteiger partial charge in [0.2, 0.25) is 0 Å². The lowest BCUT2D eigenvalue weighted by Crippen LogP contribution is -2.02. The molecule has 0 aliphatic rings. The zero-order valence-corrected chi connectivity index (χ0v) is 33.3. The van der Waals surface area contributed by atoms with Crippen LogP contribution in [0.2, 0.25) is 0 Å². The van der Waals surface area contributed by atoms with Crippen LogP contribution in [0.25, 0.3) is 127 Å². The summed E-state index contributed by atoms with van der Waals surface area (Å²) >= 11 is 0. The molecule has 5 nitrogen and oxygen atoms in total. The lowest BCUT2D eigenvalue weighted by atomic mass is 10.00. The quantitative estimate of drug-likeness (QED) is 0.163. The molecule has 0 spiro atoms. The molecule has 3 heterocycles. The predicted molar refractivity (Wildman–Crippen MR) is 256 cm³/mol. The average molecular weight is 791 g/mol. The van der Waals surface area contributed by atoms with E-state index in [1.165, 1.54) is 37.7 Å². The van der Waals surface area contributed by atoms with Crippen LogP contribution in [0.5, 0.6) is 0 Å². The molecule has 0 aliphatic carbocycles. The van der Waals surface area contributed by atoms with Crippen molar-refractivity contribution in [2.75, 3.05) is 0 Å². The minimum absolute atomic E-state index is 0.577. The van der Waals surface area contributed by atoms with Crippen molar-refractivity contribution >= 4 is 76.1 Å².